The molecule has 6 heteroatoms. The van der Waals surface area contributed by atoms with Crippen LogP contribution in [0, 0.1) is 0 Å². The second-order valence-electron chi connectivity index (χ2n) is 10.2. The summed E-state index contributed by atoms with van der Waals surface area (Å²) in [6.45, 7) is 8.19. The molecule has 42 heavy (non-hydrogen) atoms. The van der Waals surface area contributed by atoms with E-state index in [4.69, 9.17) is 14.7 Å². The van der Waals surface area contributed by atoms with Crippen molar-refractivity contribution in [1.29, 1.82) is 0 Å². The summed E-state index contributed by atoms with van der Waals surface area (Å²) >= 11 is 0. The number of hydrogen-bond donors (Lipinski definition) is 2. The lowest BCUT2D eigenvalue weighted by Crippen LogP contribution is -2.16. The van der Waals surface area contributed by atoms with Crippen LogP contribution in [0.15, 0.2) is 136 Å². The molecular weight excluding hydrogens is 520 g/mol. The van der Waals surface area contributed by atoms with Gasteiger partial charge in [-0.15, -0.1) is 0 Å². The predicted molar refractivity (Wildman–Crippen MR) is 174 cm³/mol. The van der Waals surface area contributed by atoms with Gasteiger partial charge >= 0.3 is 0 Å². The van der Waals surface area contributed by atoms with Gasteiger partial charge in [-0.25, -0.2) is 0 Å². The van der Waals surface area contributed by atoms with Gasteiger partial charge in [-0.2, -0.15) is 0 Å². The third-order valence-corrected chi connectivity index (χ3v) is 6.80. The Morgan fingerprint density at radius 2 is 1.29 bits per heavy atom. The maximum Gasteiger partial charge on any atom is 0.196 e. The number of ether oxygens (including phenoxy) is 1. The van der Waals surface area contributed by atoms with Crippen LogP contribution in [-0.2, 0) is 6.61 Å². The molecule has 1 heterocycles. The highest BCUT2D eigenvalue weighted by atomic mass is 16.5. The number of anilines is 2. The van der Waals surface area contributed by atoms with Gasteiger partial charge in [-0.05, 0) is 87.9 Å². The van der Waals surface area contributed by atoms with E-state index < -0.39 is 0 Å². The molecule has 0 saturated carbocycles. The van der Waals surface area contributed by atoms with Gasteiger partial charge in [0, 0.05) is 22.7 Å². The van der Waals surface area contributed by atoms with Gasteiger partial charge < -0.3 is 15.4 Å². The number of fused-ring (bicyclic) bond motifs is 2. The number of aliphatic imine (C=N–C) groups is 2. The Hall–Kier alpha value is -5.23. The average Bonchev–Trinajstić information content (AvgIpc) is 2.98. The van der Waals surface area contributed by atoms with Crippen molar-refractivity contribution in [3.8, 4) is 5.75 Å². The highest BCUT2D eigenvalue weighted by molar-refractivity contribution is 6.28. The molecule has 0 amide bonds. The van der Waals surface area contributed by atoms with Crippen LogP contribution in [0.3, 0.4) is 0 Å². The number of nitrogens with zero attached hydrogens (tertiary/aromatic N) is 2. The summed E-state index contributed by atoms with van der Waals surface area (Å²) in [7, 11) is 0. The first kappa shape index (κ1) is 28.3. The lowest BCUT2D eigenvalue weighted by molar-refractivity contribution is 0.103. The fourth-order valence-corrected chi connectivity index (χ4v) is 4.83. The fraction of sp³-hybridized carbons (Fsp3) is 0.139. The number of allylic oxidation sites excluding steroid dienone is 4. The number of carbonyl (C=O) groups is 1. The van der Waals surface area contributed by atoms with Crippen LogP contribution in [-0.4, -0.2) is 17.2 Å². The van der Waals surface area contributed by atoms with Crippen molar-refractivity contribution in [2.45, 2.75) is 34.3 Å². The summed E-state index contributed by atoms with van der Waals surface area (Å²) in [4.78, 5) is 23.9. The maximum absolute atomic E-state index is 14.1. The SMILES string of the molecule is CC1=Nc2ccccc2N/C(C)=C(/C(=O)c2ccc(OCc3ccccc3)cc2)C(C)=Nc2ccccc2N/C(C)=C\1. The number of hydrogen-bond acceptors (Lipinski definition) is 6. The Bertz CT molecular complexity index is 1720. The van der Waals surface area contributed by atoms with E-state index in [1.807, 2.05) is 125 Å². The number of para-hydroxylation sites is 4. The molecule has 0 saturated heterocycles. The summed E-state index contributed by atoms with van der Waals surface area (Å²) in [5, 5.41) is 6.91. The van der Waals surface area contributed by atoms with Crippen molar-refractivity contribution in [2.24, 2.45) is 9.98 Å². The largest absolute Gasteiger partial charge is 0.489 e. The second kappa shape index (κ2) is 13.0. The number of rotatable bonds is 5. The third-order valence-electron chi connectivity index (χ3n) is 6.80. The molecule has 0 aliphatic carbocycles. The normalized spacial score (nSPS) is 16.6. The lowest BCUT2D eigenvalue weighted by atomic mass is 9.97. The number of ketones is 1. The van der Waals surface area contributed by atoms with Gasteiger partial charge in [0.25, 0.3) is 0 Å². The molecule has 0 fully saturated rings. The molecule has 0 spiro atoms. The molecule has 5 rings (SSSR count). The van der Waals surface area contributed by atoms with E-state index in [0.29, 0.717) is 34.9 Å². The van der Waals surface area contributed by atoms with Crippen LogP contribution in [0.4, 0.5) is 22.7 Å². The maximum atomic E-state index is 14.1. The van der Waals surface area contributed by atoms with Crippen molar-refractivity contribution >= 4 is 40.0 Å². The van der Waals surface area contributed by atoms with Crippen LogP contribution >= 0.6 is 0 Å². The van der Waals surface area contributed by atoms with Crippen LogP contribution < -0.4 is 15.4 Å². The highest BCUT2D eigenvalue weighted by Gasteiger charge is 2.20. The van der Waals surface area contributed by atoms with E-state index in [1.54, 1.807) is 12.1 Å². The van der Waals surface area contributed by atoms with E-state index in [-0.39, 0.29) is 5.78 Å². The monoisotopic (exact) mass is 554 g/mol. The highest BCUT2D eigenvalue weighted by Crippen LogP contribution is 2.31. The van der Waals surface area contributed by atoms with Gasteiger partial charge in [0.2, 0.25) is 0 Å². The Balaban J connectivity index is 1.54. The summed E-state index contributed by atoms with van der Waals surface area (Å²) < 4.78 is 5.94. The minimum atomic E-state index is -0.137. The van der Waals surface area contributed by atoms with Crippen molar-refractivity contribution in [3.63, 3.8) is 0 Å². The number of nitrogens with one attached hydrogen (secondary N) is 2. The molecule has 2 N–H and O–H groups in total. The van der Waals surface area contributed by atoms with Gasteiger partial charge in [-0.3, -0.25) is 14.8 Å². The quantitative estimate of drug-likeness (QED) is 0.241. The summed E-state index contributed by atoms with van der Waals surface area (Å²) in [6.07, 6.45) is 2.00. The smallest absolute Gasteiger partial charge is 0.196 e. The predicted octanol–water partition coefficient (Wildman–Crippen LogP) is 9.05. The second-order valence-corrected chi connectivity index (χ2v) is 10.2. The third kappa shape index (κ3) is 6.91. The standard InChI is InChI=1S/C36H34N4O2/c1-24-22-25(2)38-32-15-9-11-17-34(32)40-27(4)35(26(3)39-33-16-10-8-14-31(33)37-24)36(41)29-18-20-30(21-19-29)42-23-28-12-6-5-7-13-28/h5-22,37,40H,23H2,1-4H3/b24-22-,35-27+,38-25?,39-26?. The van der Waals surface area contributed by atoms with E-state index >= 15 is 0 Å². The van der Waals surface area contributed by atoms with Crippen molar-refractivity contribution in [1.82, 2.24) is 0 Å². The van der Waals surface area contributed by atoms with E-state index in [9.17, 15) is 4.79 Å². The molecule has 210 valence electrons. The molecule has 0 atom stereocenters. The first-order valence-electron chi connectivity index (χ1n) is 13.9. The van der Waals surface area contributed by atoms with Gasteiger partial charge in [0.15, 0.2) is 5.78 Å². The van der Waals surface area contributed by atoms with Crippen LogP contribution in [0.1, 0.15) is 43.6 Å². The Morgan fingerprint density at radius 1 is 0.690 bits per heavy atom. The van der Waals surface area contributed by atoms with E-state index in [2.05, 4.69) is 10.6 Å². The van der Waals surface area contributed by atoms with Crippen molar-refractivity contribution < 1.29 is 9.53 Å². The van der Waals surface area contributed by atoms with Crippen LogP contribution in [0.2, 0.25) is 0 Å². The molecule has 0 radical (unpaired) electrons. The van der Waals surface area contributed by atoms with Gasteiger partial charge in [0.1, 0.15) is 12.4 Å². The molecule has 4 aromatic carbocycles. The average molecular weight is 555 g/mol. The molecule has 0 bridgehead atoms. The molecular formula is C36H34N4O2. The first-order valence-corrected chi connectivity index (χ1v) is 13.9. The first-order chi connectivity index (χ1) is 20.4. The van der Waals surface area contributed by atoms with Crippen LogP contribution in [0.25, 0.3) is 0 Å². The number of benzene rings is 4. The topological polar surface area (TPSA) is 75.1 Å². The number of carbonyl (C=O) groups excluding carboxylic acids is 1. The summed E-state index contributed by atoms with van der Waals surface area (Å²) in [6, 6.07) is 32.9. The van der Waals surface area contributed by atoms with Gasteiger partial charge in [0.05, 0.1) is 34.0 Å². The van der Waals surface area contributed by atoms with E-state index in [1.165, 1.54) is 0 Å². The van der Waals surface area contributed by atoms with Crippen molar-refractivity contribution in [3.05, 3.63) is 137 Å². The zero-order valence-electron chi connectivity index (χ0n) is 24.3. The zero-order chi connectivity index (χ0) is 29.5. The molecule has 0 unspecified atom stereocenters. The van der Waals surface area contributed by atoms with Crippen molar-refractivity contribution in [2.75, 3.05) is 10.6 Å². The minimum Gasteiger partial charge on any atom is -0.489 e. The zero-order valence-corrected chi connectivity index (χ0v) is 24.3. The molecule has 0 aromatic heterocycles. The summed E-state index contributed by atoms with van der Waals surface area (Å²) in [5.41, 5.74) is 8.31. The molecule has 6 nitrogen and oxygen atoms in total. The Morgan fingerprint density at radius 3 is 1.98 bits per heavy atom. The van der Waals surface area contributed by atoms with Crippen LogP contribution in [0.5, 0.6) is 5.75 Å². The van der Waals surface area contributed by atoms with E-state index in [0.717, 1.165) is 39.7 Å². The van der Waals surface area contributed by atoms with Gasteiger partial charge in [-0.1, -0.05) is 54.6 Å². The Kier molecular flexibility index (Phi) is 8.73. The summed E-state index contributed by atoms with van der Waals surface area (Å²) in [5.74, 6) is 0.558. The molecule has 1 aliphatic heterocycles. The lowest BCUT2D eigenvalue weighted by Gasteiger charge is -2.17. The fourth-order valence-electron chi connectivity index (χ4n) is 4.83. The molecule has 4 aromatic rings. The number of Topliss-reactive ketones (excluding diaryl/α,β-unsaturated/α-hetero) is 1. The Labute approximate surface area is 247 Å². The minimum absolute atomic E-state index is 0.137. The molecule has 1 aliphatic rings.